The van der Waals surface area contributed by atoms with E-state index in [4.69, 9.17) is 15.2 Å². The lowest BCUT2D eigenvalue weighted by Crippen LogP contribution is -2.41. The largest absolute Gasteiger partial charge is 0.489 e. The third-order valence-corrected chi connectivity index (χ3v) is 4.20. The van der Waals surface area contributed by atoms with Crippen LogP contribution in [-0.2, 0) is 11.3 Å². The van der Waals surface area contributed by atoms with Gasteiger partial charge in [0.05, 0.1) is 13.2 Å². The van der Waals surface area contributed by atoms with Crippen LogP contribution >= 0.6 is 0 Å². The van der Waals surface area contributed by atoms with Crippen molar-refractivity contribution in [2.24, 2.45) is 5.73 Å². The zero-order chi connectivity index (χ0) is 15.9. The number of rotatable bonds is 6. The Morgan fingerprint density at radius 2 is 1.83 bits per heavy atom. The van der Waals surface area contributed by atoms with Crippen molar-refractivity contribution in [2.45, 2.75) is 12.6 Å². The number of nitrogens with two attached hydrogens (primary N) is 1. The topological polar surface area (TPSA) is 47.7 Å². The second-order valence-corrected chi connectivity index (χ2v) is 5.75. The van der Waals surface area contributed by atoms with Gasteiger partial charge in [-0.2, -0.15) is 0 Å². The van der Waals surface area contributed by atoms with Crippen molar-refractivity contribution < 1.29 is 9.47 Å². The summed E-state index contributed by atoms with van der Waals surface area (Å²) in [6.45, 7) is 4.59. The molecule has 0 aromatic heterocycles. The Balaban J connectivity index is 1.68. The first-order valence-electron chi connectivity index (χ1n) is 8.15. The molecule has 0 bridgehead atoms. The van der Waals surface area contributed by atoms with Gasteiger partial charge in [-0.15, -0.1) is 0 Å². The molecule has 122 valence electrons. The van der Waals surface area contributed by atoms with Crippen molar-refractivity contribution in [3.8, 4) is 5.75 Å². The van der Waals surface area contributed by atoms with Crippen LogP contribution in [0.3, 0.4) is 0 Å². The van der Waals surface area contributed by atoms with Crippen LogP contribution in [0.25, 0.3) is 0 Å². The van der Waals surface area contributed by atoms with Crippen molar-refractivity contribution in [1.29, 1.82) is 0 Å². The van der Waals surface area contributed by atoms with Gasteiger partial charge in [0.25, 0.3) is 0 Å². The lowest BCUT2D eigenvalue weighted by molar-refractivity contribution is 0.0178. The molecule has 1 saturated heterocycles. The van der Waals surface area contributed by atoms with Gasteiger partial charge < -0.3 is 15.2 Å². The minimum atomic E-state index is 0.221. The van der Waals surface area contributed by atoms with Crippen LogP contribution in [-0.4, -0.2) is 37.7 Å². The molecule has 4 heteroatoms. The molecule has 23 heavy (non-hydrogen) atoms. The summed E-state index contributed by atoms with van der Waals surface area (Å²) in [4.78, 5) is 2.39. The highest BCUT2D eigenvalue weighted by Gasteiger charge is 2.21. The Morgan fingerprint density at radius 3 is 2.57 bits per heavy atom. The molecule has 1 unspecified atom stereocenters. The van der Waals surface area contributed by atoms with Crippen LogP contribution in [0.1, 0.15) is 17.2 Å². The predicted molar refractivity (Wildman–Crippen MR) is 91.4 cm³/mol. The van der Waals surface area contributed by atoms with Gasteiger partial charge >= 0.3 is 0 Å². The van der Waals surface area contributed by atoms with Gasteiger partial charge in [-0.3, -0.25) is 4.90 Å². The molecular formula is C19H24N2O2. The monoisotopic (exact) mass is 312 g/mol. The quantitative estimate of drug-likeness (QED) is 0.891. The number of benzene rings is 2. The fourth-order valence-electron chi connectivity index (χ4n) is 2.94. The van der Waals surface area contributed by atoms with Crippen LogP contribution in [0.5, 0.6) is 5.75 Å². The summed E-state index contributed by atoms with van der Waals surface area (Å²) in [5.41, 5.74) is 8.40. The van der Waals surface area contributed by atoms with E-state index in [1.54, 1.807) is 0 Å². The second-order valence-electron chi connectivity index (χ2n) is 5.75. The maximum absolute atomic E-state index is 6.03. The number of hydrogen-bond donors (Lipinski definition) is 1. The molecule has 4 nitrogen and oxygen atoms in total. The summed E-state index contributed by atoms with van der Waals surface area (Å²) in [7, 11) is 0. The average molecular weight is 312 g/mol. The van der Waals surface area contributed by atoms with Gasteiger partial charge in [-0.1, -0.05) is 42.5 Å². The van der Waals surface area contributed by atoms with Crippen LogP contribution in [0, 0.1) is 0 Å². The zero-order valence-electron chi connectivity index (χ0n) is 13.4. The summed E-state index contributed by atoms with van der Waals surface area (Å²) in [6.07, 6.45) is 0. The lowest BCUT2D eigenvalue weighted by atomic mass is 10.0. The van der Waals surface area contributed by atoms with Crippen LogP contribution in [0.2, 0.25) is 0 Å². The highest BCUT2D eigenvalue weighted by atomic mass is 16.5. The van der Waals surface area contributed by atoms with Crippen molar-refractivity contribution in [3.63, 3.8) is 0 Å². The van der Waals surface area contributed by atoms with E-state index in [0.717, 1.165) is 32.1 Å². The molecule has 0 amide bonds. The van der Waals surface area contributed by atoms with E-state index >= 15 is 0 Å². The van der Waals surface area contributed by atoms with Crippen molar-refractivity contribution in [1.82, 2.24) is 4.90 Å². The van der Waals surface area contributed by atoms with E-state index in [9.17, 15) is 0 Å². The van der Waals surface area contributed by atoms with E-state index in [-0.39, 0.29) is 6.04 Å². The second kappa shape index (κ2) is 8.11. The molecule has 1 aliphatic rings. The molecular weight excluding hydrogens is 288 g/mol. The number of morpholine rings is 1. The first-order valence-corrected chi connectivity index (χ1v) is 8.15. The Kier molecular flexibility index (Phi) is 5.64. The van der Waals surface area contributed by atoms with E-state index in [2.05, 4.69) is 29.2 Å². The zero-order valence-corrected chi connectivity index (χ0v) is 13.4. The summed E-state index contributed by atoms with van der Waals surface area (Å²) in [5.74, 6) is 0.887. The van der Waals surface area contributed by atoms with E-state index < -0.39 is 0 Å². The molecule has 1 fully saturated rings. The fraction of sp³-hybridized carbons (Fsp3) is 0.368. The first kappa shape index (κ1) is 16.0. The summed E-state index contributed by atoms with van der Waals surface area (Å²) >= 11 is 0. The molecule has 1 aliphatic heterocycles. The average Bonchev–Trinajstić information content (AvgIpc) is 2.63. The lowest BCUT2D eigenvalue weighted by Gasteiger charge is -2.34. The Labute approximate surface area is 137 Å². The van der Waals surface area contributed by atoms with Crippen LogP contribution in [0.4, 0.5) is 0 Å². The molecule has 2 N–H and O–H groups in total. The molecule has 0 saturated carbocycles. The van der Waals surface area contributed by atoms with Gasteiger partial charge in [0, 0.05) is 25.7 Å². The van der Waals surface area contributed by atoms with Gasteiger partial charge in [0.1, 0.15) is 12.4 Å². The van der Waals surface area contributed by atoms with Gasteiger partial charge in [0.2, 0.25) is 0 Å². The number of ether oxygens (including phenoxy) is 2. The molecule has 1 heterocycles. The van der Waals surface area contributed by atoms with Crippen molar-refractivity contribution in [3.05, 3.63) is 65.7 Å². The van der Waals surface area contributed by atoms with Gasteiger partial charge in [-0.05, 0) is 23.3 Å². The molecule has 0 radical (unpaired) electrons. The molecule has 2 aromatic rings. The first-order chi connectivity index (χ1) is 11.4. The Bertz CT molecular complexity index is 597. The highest BCUT2D eigenvalue weighted by molar-refractivity contribution is 5.31. The third kappa shape index (κ3) is 4.32. The minimum absolute atomic E-state index is 0.221. The summed E-state index contributed by atoms with van der Waals surface area (Å²) in [5, 5.41) is 0. The molecule has 3 rings (SSSR count). The molecule has 2 aromatic carbocycles. The maximum Gasteiger partial charge on any atom is 0.120 e. The smallest absolute Gasteiger partial charge is 0.120 e. The summed E-state index contributed by atoms with van der Waals surface area (Å²) in [6, 6.07) is 18.7. The third-order valence-electron chi connectivity index (χ3n) is 4.20. The molecule has 0 spiro atoms. The number of nitrogens with zero attached hydrogens (tertiary/aromatic N) is 1. The molecule has 1 atom stereocenters. The van der Waals surface area contributed by atoms with Crippen molar-refractivity contribution >= 4 is 0 Å². The Hall–Kier alpha value is -1.88. The van der Waals surface area contributed by atoms with Crippen molar-refractivity contribution in [2.75, 3.05) is 32.8 Å². The normalized spacial score (nSPS) is 16.9. The van der Waals surface area contributed by atoms with E-state index in [1.165, 1.54) is 11.1 Å². The highest BCUT2D eigenvalue weighted by Crippen LogP contribution is 2.25. The van der Waals surface area contributed by atoms with Crippen LogP contribution in [0.15, 0.2) is 54.6 Å². The SMILES string of the molecule is NCC(c1cccc(OCc2ccccc2)c1)N1CCOCC1. The fourth-order valence-corrected chi connectivity index (χ4v) is 2.94. The standard InChI is InChI=1S/C19H24N2O2/c20-14-19(21-9-11-22-12-10-21)17-7-4-8-18(13-17)23-15-16-5-2-1-3-6-16/h1-8,13,19H,9-12,14-15,20H2. The van der Waals surface area contributed by atoms with E-state index in [0.29, 0.717) is 13.2 Å². The van der Waals surface area contributed by atoms with E-state index in [1.807, 2.05) is 30.3 Å². The maximum atomic E-state index is 6.03. The van der Waals surface area contributed by atoms with Gasteiger partial charge in [0.15, 0.2) is 0 Å². The predicted octanol–water partition coefficient (Wildman–Crippen LogP) is 2.60. The van der Waals surface area contributed by atoms with Gasteiger partial charge in [-0.25, -0.2) is 0 Å². The summed E-state index contributed by atoms with van der Waals surface area (Å²) < 4.78 is 11.4. The Morgan fingerprint density at radius 1 is 1.04 bits per heavy atom. The minimum Gasteiger partial charge on any atom is -0.489 e. The van der Waals surface area contributed by atoms with Crippen LogP contribution < -0.4 is 10.5 Å². The number of hydrogen-bond acceptors (Lipinski definition) is 4. The molecule has 0 aliphatic carbocycles.